The lowest BCUT2D eigenvalue weighted by Gasteiger charge is -2.07. The second-order valence-corrected chi connectivity index (χ2v) is 5.48. The van der Waals surface area contributed by atoms with Crippen molar-refractivity contribution in [2.24, 2.45) is 0 Å². The third-order valence-corrected chi connectivity index (χ3v) is 3.76. The first-order chi connectivity index (χ1) is 9.54. The van der Waals surface area contributed by atoms with E-state index >= 15 is 0 Å². The molecule has 3 N–H and O–H groups in total. The van der Waals surface area contributed by atoms with Gasteiger partial charge >= 0.3 is 0 Å². The molecule has 2 rings (SSSR count). The van der Waals surface area contributed by atoms with E-state index < -0.39 is 5.82 Å². The van der Waals surface area contributed by atoms with Crippen LogP contribution >= 0.6 is 23.4 Å². The van der Waals surface area contributed by atoms with Crippen molar-refractivity contribution in [3.05, 3.63) is 53.3 Å². The summed E-state index contributed by atoms with van der Waals surface area (Å²) in [4.78, 5) is 12.5. The number of rotatable bonds is 4. The Hall–Kier alpha value is -1.72. The van der Waals surface area contributed by atoms with E-state index in [1.54, 1.807) is 30.3 Å². The molecule has 0 saturated carbocycles. The van der Waals surface area contributed by atoms with Crippen LogP contribution < -0.4 is 11.1 Å². The number of carbonyl (C=O) groups is 1. The van der Waals surface area contributed by atoms with E-state index in [0.29, 0.717) is 21.3 Å². The lowest BCUT2D eigenvalue weighted by Crippen LogP contribution is -2.14. The number of carbonyl (C=O) groups excluding carboxylic acids is 1. The van der Waals surface area contributed by atoms with Crippen LogP contribution in [0.2, 0.25) is 5.02 Å². The van der Waals surface area contributed by atoms with Crippen LogP contribution in [0.3, 0.4) is 0 Å². The predicted octanol–water partition coefficient (Wildman–Crippen LogP) is 3.79. The van der Waals surface area contributed by atoms with Gasteiger partial charge in [0.1, 0.15) is 5.82 Å². The zero-order chi connectivity index (χ0) is 14.5. The summed E-state index contributed by atoms with van der Waals surface area (Å²) in [5.74, 6) is -0.390. The van der Waals surface area contributed by atoms with Crippen molar-refractivity contribution in [3.8, 4) is 0 Å². The van der Waals surface area contributed by atoms with Crippen molar-refractivity contribution >= 4 is 40.6 Å². The Morgan fingerprint density at radius 3 is 2.80 bits per heavy atom. The van der Waals surface area contributed by atoms with Crippen molar-refractivity contribution in [2.75, 3.05) is 16.8 Å². The molecule has 20 heavy (non-hydrogen) atoms. The molecule has 3 nitrogen and oxygen atoms in total. The molecule has 0 aliphatic carbocycles. The Morgan fingerprint density at radius 1 is 1.30 bits per heavy atom. The lowest BCUT2D eigenvalue weighted by atomic mass is 10.3. The van der Waals surface area contributed by atoms with Gasteiger partial charge in [0.25, 0.3) is 0 Å². The summed E-state index contributed by atoms with van der Waals surface area (Å²) in [6, 6.07) is 11.0. The smallest absolute Gasteiger partial charge is 0.234 e. The van der Waals surface area contributed by atoms with Crippen molar-refractivity contribution in [3.63, 3.8) is 0 Å². The molecule has 2 aromatic carbocycles. The lowest BCUT2D eigenvalue weighted by molar-refractivity contribution is -0.113. The van der Waals surface area contributed by atoms with E-state index in [1.807, 2.05) is 0 Å². The molecule has 0 aromatic heterocycles. The fourth-order valence-corrected chi connectivity index (χ4v) is 2.50. The summed E-state index contributed by atoms with van der Waals surface area (Å²) in [7, 11) is 0. The van der Waals surface area contributed by atoms with Gasteiger partial charge in [0, 0.05) is 21.3 Å². The minimum absolute atomic E-state index is 0.180. The maximum atomic E-state index is 12.9. The summed E-state index contributed by atoms with van der Waals surface area (Å²) in [5.41, 5.74) is 6.63. The molecule has 6 heteroatoms. The summed E-state index contributed by atoms with van der Waals surface area (Å²) in [6.45, 7) is 0. The number of nitrogens with one attached hydrogen (secondary N) is 1. The molecule has 0 atom stereocenters. The number of nitrogens with two attached hydrogens (primary N) is 1. The SMILES string of the molecule is Nc1cc(F)ccc1SCC(=O)Nc1cccc(Cl)c1. The molecule has 0 unspecified atom stereocenters. The normalized spacial score (nSPS) is 10.3. The second kappa shape index (κ2) is 6.63. The average Bonchev–Trinajstić information content (AvgIpc) is 2.37. The number of halogens is 2. The number of thioether (sulfide) groups is 1. The van der Waals surface area contributed by atoms with E-state index in [0.717, 1.165) is 0 Å². The van der Waals surface area contributed by atoms with E-state index in [2.05, 4.69) is 5.32 Å². The summed E-state index contributed by atoms with van der Waals surface area (Å²) in [6.07, 6.45) is 0. The molecule has 0 fully saturated rings. The highest BCUT2D eigenvalue weighted by Gasteiger charge is 2.07. The molecule has 104 valence electrons. The maximum Gasteiger partial charge on any atom is 0.234 e. The van der Waals surface area contributed by atoms with Crippen LogP contribution in [0.5, 0.6) is 0 Å². The predicted molar refractivity (Wildman–Crippen MR) is 81.6 cm³/mol. The van der Waals surface area contributed by atoms with Crippen LogP contribution in [0.25, 0.3) is 0 Å². The van der Waals surface area contributed by atoms with E-state index in [4.69, 9.17) is 17.3 Å². The topological polar surface area (TPSA) is 55.1 Å². The number of hydrogen-bond donors (Lipinski definition) is 2. The van der Waals surface area contributed by atoms with Gasteiger partial charge in [-0.05, 0) is 36.4 Å². The quantitative estimate of drug-likeness (QED) is 0.667. The van der Waals surface area contributed by atoms with Crippen LogP contribution in [-0.2, 0) is 4.79 Å². The van der Waals surface area contributed by atoms with Gasteiger partial charge in [-0.2, -0.15) is 0 Å². The molecular weight excluding hydrogens is 299 g/mol. The average molecular weight is 311 g/mol. The highest BCUT2D eigenvalue weighted by molar-refractivity contribution is 8.00. The van der Waals surface area contributed by atoms with Gasteiger partial charge < -0.3 is 11.1 Å². The molecule has 0 spiro atoms. The standard InChI is InChI=1S/C14H12ClFN2OS/c15-9-2-1-3-11(6-9)18-14(19)8-20-13-5-4-10(16)7-12(13)17/h1-7H,8,17H2,(H,18,19). The van der Waals surface area contributed by atoms with Gasteiger partial charge in [0.15, 0.2) is 0 Å². The van der Waals surface area contributed by atoms with Crippen molar-refractivity contribution in [1.82, 2.24) is 0 Å². The van der Waals surface area contributed by atoms with Gasteiger partial charge in [0.2, 0.25) is 5.91 Å². The summed E-state index contributed by atoms with van der Waals surface area (Å²) in [5, 5.41) is 3.28. The molecule has 0 heterocycles. The Morgan fingerprint density at radius 2 is 2.10 bits per heavy atom. The molecule has 0 bridgehead atoms. The molecular formula is C14H12ClFN2OS. The van der Waals surface area contributed by atoms with Crippen molar-refractivity contribution in [2.45, 2.75) is 4.90 Å². The zero-order valence-corrected chi connectivity index (χ0v) is 12.0. The van der Waals surface area contributed by atoms with Crippen molar-refractivity contribution < 1.29 is 9.18 Å². The third-order valence-electron chi connectivity index (χ3n) is 2.44. The first-order valence-electron chi connectivity index (χ1n) is 5.78. The number of nitrogen functional groups attached to an aromatic ring is 1. The van der Waals surface area contributed by atoms with Gasteiger partial charge in [-0.25, -0.2) is 4.39 Å². The van der Waals surface area contributed by atoms with E-state index in [1.165, 1.54) is 23.9 Å². The van der Waals surface area contributed by atoms with Crippen LogP contribution in [-0.4, -0.2) is 11.7 Å². The number of benzene rings is 2. The fourth-order valence-electron chi connectivity index (χ4n) is 1.56. The minimum atomic E-state index is -0.393. The molecule has 0 aliphatic rings. The molecule has 2 aromatic rings. The van der Waals surface area contributed by atoms with Gasteiger partial charge in [-0.15, -0.1) is 11.8 Å². The molecule has 1 amide bonds. The van der Waals surface area contributed by atoms with Crippen LogP contribution in [0, 0.1) is 5.82 Å². The van der Waals surface area contributed by atoms with Crippen molar-refractivity contribution in [1.29, 1.82) is 0 Å². The van der Waals surface area contributed by atoms with Gasteiger partial charge in [0.05, 0.1) is 5.75 Å². The second-order valence-electron chi connectivity index (χ2n) is 4.03. The first-order valence-corrected chi connectivity index (χ1v) is 7.14. The summed E-state index contributed by atoms with van der Waals surface area (Å²) < 4.78 is 12.9. The molecule has 0 saturated heterocycles. The van der Waals surface area contributed by atoms with Crippen LogP contribution in [0.15, 0.2) is 47.4 Å². The Bertz CT molecular complexity index is 636. The van der Waals surface area contributed by atoms with E-state index in [-0.39, 0.29) is 11.7 Å². The Kier molecular flexibility index (Phi) is 4.87. The monoisotopic (exact) mass is 310 g/mol. The maximum absolute atomic E-state index is 12.9. The Labute approximate surface area is 125 Å². The zero-order valence-electron chi connectivity index (χ0n) is 10.4. The Balaban J connectivity index is 1.92. The number of anilines is 2. The number of amides is 1. The third kappa shape index (κ3) is 4.15. The highest BCUT2D eigenvalue weighted by Crippen LogP contribution is 2.25. The molecule has 0 aliphatic heterocycles. The number of hydrogen-bond acceptors (Lipinski definition) is 3. The van der Waals surface area contributed by atoms with Crippen LogP contribution in [0.1, 0.15) is 0 Å². The fraction of sp³-hybridized carbons (Fsp3) is 0.0714. The first kappa shape index (κ1) is 14.7. The largest absolute Gasteiger partial charge is 0.398 e. The highest BCUT2D eigenvalue weighted by atomic mass is 35.5. The van der Waals surface area contributed by atoms with Gasteiger partial charge in [-0.3, -0.25) is 4.79 Å². The summed E-state index contributed by atoms with van der Waals surface area (Å²) >= 11 is 7.08. The van der Waals surface area contributed by atoms with Gasteiger partial charge in [-0.1, -0.05) is 17.7 Å². The molecule has 0 radical (unpaired) electrons. The van der Waals surface area contributed by atoms with E-state index in [9.17, 15) is 9.18 Å². The minimum Gasteiger partial charge on any atom is -0.398 e. The van der Waals surface area contributed by atoms with Crippen LogP contribution in [0.4, 0.5) is 15.8 Å².